The van der Waals surface area contributed by atoms with Crippen LogP contribution in [0, 0.1) is 20.2 Å². The minimum absolute atomic E-state index is 0.0693. The number of benzene rings is 2. The third-order valence-electron chi connectivity index (χ3n) is 6.05. The number of hydrogen-bond acceptors (Lipinski definition) is 11. The van der Waals surface area contributed by atoms with Crippen molar-refractivity contribution in [3.8, 4) is 0 Å². The van der Waals surface area contributed by atoms with Crippen molar-refractivity contribution >= 4 is 41.5 Å². The van der Waals surface area contributed by atoms with Crippen molar-refractivity contribution in [3.05, 3.63) is 79.9 Å². The van der Waals surface area contributed by atoms with E-state index in [0.717, 1.165) is 4.90 Å². The Balaban J connectivity index is 1.64. The van der Waals surface area contributed by atoms with Gasteiger partial charge in [-0.05, 0) is 35.4 Å². The van der Waals surface area contributed by atoms with Crippen LogP contribution in [0.1, 0.15) is 17.5 Å². The lowest BCUT2D eigenvalue weighted by Crippen LogP contribution is -2.61. The summed E-state index contributed by atoms with van der Waals surface area (Å²) in [6.45, 7) is -1.26. The summed E-state index contributed by atoms with van der Waals surface area (Å²) >= 11 is 0. The van der Waals surface area contributed by atoms with Crippen LogP contribution < -0.4 is 11.1 Å². The molecule has 1 unspecified atom stereocenters. The number of hydrogen-bond donors (Lipinski definition) is 4. The molecule has 0 radical (unpaired) electrons. The van der Waals surface area contributed by atoms with E-state index in [1.54, 1.807) is 0 Å². The highest BCUT2D eigenvalue weighted by Gasteiger charge is 2.32. The van der Waals surface area contributed by atoms with Crippen molar-refractivity contribution < 1.29 is 48.7 Å². The molecule has 4 amide bonds. The van der Waals surface area contributed by atoms with Crippen LogP contribution in [-0.2, 0) is 27.5 Å². The normalized spacial score (nSPS) is 13.7. The van der Waals surface area contributed by atoms with Crippen molar-refractivity contribution in [3.63, 3.8) is 0 Å². The predicted molar refractivity (Wildman–Crippen MR) is 147 cm³/mol. The number of likely N-dealkylation sites (tertiary alicyclic amines) is 1. The summed E-state index contributed by atoms with van der Waals surface area (Å²) in [7, 11) is 0. The average molecular weight is 618 g/mol. The van der Waals surface area contributed by atoms with Gasteiger partial charge in [-0.3, -0.25) is 25.0 Å². The summed E-state index contributed by atoms with van der Waals surface area (Å²) < 4.78 is 10.1. The van der Waals surface area contributed by atoms with Crippen LogP contribution in [-0.4, -0.2) is 91.8 Å². The summed E-state index contributed by atoms with van der Waals surface area (Å²) in [5, 5.41) is 43.5. The Morgan fingerprint density at radius 1 is 0.977 bits per heavy atom. The number of carbonyl (C=O) groups excluding carboxylic acids is 3. The third-order valence-corrected chi connectivity index (χ3v) is 6.05. The number of nitrogens with one attached hydrogen (secondary N) is 1. The second kappa shape index (κ2) is 14.9. The smallest absolute Gasteiger partial charge is 0.437 e. The van der Waals surface area contributed by atoms with E-state index < -0.39 is 65.1 Å². The SMILES string of the molecule is NC(=NC(=O)OCc1ccc([N+](=O)[O-])cc1)N(CC(O)CC(=O)NC1CN(C(=O)O)C1)C(=O)OCc1ccc([N+](=O)[O-])cc1. The Morgan fingerprint density at radius 3 is 1.95 bits per heavy atom. The molecule has 0 bridgehead atoms. The first-order valence-corrected chi connectivity index (χ1v) is 12.7. The standard InChI is InChI=1S/C25H27N7O12/c26-22(28-23(35)43-13-15-1-5-18(6-2-15)31(39)40)30(25(38)44-14-16-3-7-19(8-4-16)32(41)42)12-20(33)9-21(34)27-17-10-29(11-17)24(36)37/h1-8,17,20,33H,9-14H2,(H,27,34)(H,36,37)(H2,26,28,35). The molecule has 1 heterocycles. The Labute approximate surface area is 247 Å². The molecule has 1 fully saturated rings. The minimum Gasteiger partial charge on any atom is -0.465 e. The Hall–Kier alpha value is -5.85. The van der Waals surface area contributed by atoms with Crippen molar-refractivity contribution in [2.45, 2.75) is 31.8 Å². The fourth-order valence-electron chi connectivity index (χ4n) is 3.75. The molecule has 44 heavy (non-hydrogen) atoms. The molecule has 234 valence electrons. The first kappa shape index (κ1) is 32.7. The molecule has 1 aliphatic heterocycles. The van der Waals surface area contributed by atoms with Crippen LogP contribution >= 0.6 is 0 Å². The number of aliphatic hydroxyl groups excluding tert-OH is 1. The second-order valence-corrected chi connectivity index (χ2v) is 9.35. The van der Waals surface area contributed by atoms with Gasteiger partial charge in [0, 0.05) is 37.4 Å². The Kier molecular flexibility index (Phi) is 11.0. The van der Waals surface area contributed by atoms with Crippen LogP contribution in [0.15, 0.2) is 53.5 Å². The molecular formula is C25H27N7O12. The van der Waals surface area contributed by atoms with Crippen LogP contribution in [0.5, 0.6) is 0 Å². The highest BCUT2D eigenvalue weighted by molar-refractivity contribution is 5.98. The number of nitrogens with zero attached hydrogens (tertiary/aromatic N) is 5. The molecule has 0 spiro atoms. The Morgan fingerprint density at radius 2 is 1.48 bits per heavy atom. The maximum atomic E-state index is 12.9. The maximum absolute atomic E-state index is 12.9. The molecule has 1 aliphatic rings. The number of ether oxygens (including phenoxy) is 2. The molecule has 1 saturated heterocycles. The lowest BCUT2D eigenvalue weighted by atomic mass is 10.1. The highest BCUT2D eigenvalue weighted by atomic mass is 16.6. The van der Waals surface area contributed by atoms with Gasteiger partial charge in [-0.2, -0.15) is 0 Å². The van der Waals surface area contributed by atoms with Gasteiger partial charge in [0.25, 0.3) is 11.4 Å². The molecule has 19 heteroatoms. The molecule has 1 atom stereocenters. The number of aliphatic hydroxyl groups is 1. The number of nitro benzene ring substituents is 2. The summed E-state index contributed by atoms with van der Waals surface area (Å²) in [5.74, 6) is -1.41. The lowest BCUT2D eigenvalue weighted by molar-refractivity contribution is -0.385. The molecule has 0 saturated carbocycles. The van der Waals surface area contributed by atoms with Crippen molar-refractivity contribution in [1.82, 2.24) is 15.1 Å². The van der Waals surface area contributed by atoms with E-state index in [9.17, 15) is 44.5 Å². The highest BCUT2D eigenvalue weighted by Crippen LogP contribution is 2.15. The second-order valence-electron chi connectivity index (χ2n) is 9.35. The van der Waals surface area contributed by atoms with Gasteiger partial charge in [0.1, 0.15) is 13.2 Å². The molecule has 3 rings (SSSR count). The maximum Gasteiger partial charge on any atom is 0.437 e. The van der Waals surface area contributed by atoms with E-state index in [0.29, 0.717) is 16.0 Å². The van der Waals surface area contributed by atoms with Gasteiger partial charge in [0.2, 0.25) is 11.9 Å². The van der Waals surface area contributed by atoms with Gasteiger partial charge in [-0.25, -0.2) is 19.3 Å². The van der Waals surface area contributed by atoms with Crippen molar-refractivity contribution in [1.29, 1.82) is 0 Å². The van der Waals surface area contributed by atoms with Crippen molar-refractivity contribution in [2.24, 2.45) is 10.7 Å². The van der Waals surface area contributed by atoms with Gasteiger partial charge < -0.3 is 35.6 Å². The van der Waals surface area contributed by atoms with Gasteiger partial charge in [-0.1, -0.05) is 0 Å². The number of carboxylic acid groups (broad SMARTS) is 1. The molecule has 5 N–H and O–H groups in total. The van der Waals surface area contributed by atoms with Crippen molar-refractivity contribution in [2.75, 3.05) is 19.6 Å². The Bertz CT molecular complexity index is 1430. The van der Waals surface area contributed by atoms with Gasteiger partial charge in [-0.15, -0.1) is 4.99 Å². The minimum atomic E-state index is -1.54. The molecule has 2 aromatic rings. The zero-order valence-electron chi connectivity index (χ0n) is 22.8. The molecule has 0 aliphatic carbocycles. The van der Waals surface area contributed by atoms with Gasteiger partial charge in [0.05, 0.1) is 35.0 Å². The molecular weight excluding hydrogens is 590 g/mol. The third kappa shape index (κ3) is 9.62. The van der Waals surface area contributed by atoms with E-state index >= 15 is 0 Å². The van der Waals surface area contributed by atoms with E-state index in [2.05, 4.69) is 10.3 Å². The first-order valence-electron chi connectivity index (χ1n) is 12.7. The first-order chi connectivity index (χ1) is 20.8. The summed E-state index contributed by atoms with van der Waals surface area (Å²) in [6, 6.07) is 9.72. The number of non-ortho nitro benzene ring substituents is 2. The number of rotatable bonds is 11. The predicted octanol–water partition coefficient (Wildman–Crippen LogP) is 1.32. The lowest BCUT2D eigenvalue weighted by Gasteiger charge is -2.37. The van der Waals surface area contributed by atoms with Crippen LogP contribution in [0.4, 0.5) is 25.8 Å². The quantitative estimate of drug-likeness (QED) is 0.120. The summed E-state index contributed by atoms with van der Waals surface area (Å²) in [5.41, 5.74) is 6.23. The largest absolute Gasteiger partial charge is 0.465 e. The monoisotopic (exact) mass is 617 g/mol. The zero-order valence-corrected chi connectivity index (χ0v) is 22.8. The van der Waals surface area contributed by atoms with Gasteiger partial charge in [0.15, 0.2) is 0 Å². The molecule has 0 aromatic heterocycles. The number of guanidine groups is 1. The summed E-state index contributed by atoms with van der Waals surface area (Å²) in [6.07, 6.45) is -5.66. The topological polar surface area (TPSA) is 270 Å². The van der Waals surface area contributed by atoms with E-state index in [4.69, 9.17) is 20.3 Å². The van der Waals surface area contributed by atoms with E-state index in [1.807, 2.05) is 0 Å². The number of aliphatic imine (C=N–C) groups is 1. The molecule has 19 nitrogen and oxygen atoms in total. The number of nitrogens with two attached hydrogens (primary N) is 1. The van der Waals surface area contributed by atoms with Crippen LogP contribution in [0.2, 0.25) is 0 Å². The summed E-state index contributed by atoms with van der Waals surface area (Å²) in [4.78, 5) is 73.9. The number of amides is 4. The fourth-order valence-corrected chi connectivity index (χ4v) is 3.75. The van der Waals surface area contributed by atoms with E-state index in [-0.39, 0.29) is 37.7 Å². The zero-order chi connectivity index (χ0) is 32.4. The fraction of sp³-hybridized carbons (Fsp3) is 0.320. The number of carbonyl (C=O) groups is 4. The molecule has 2 aromatic carbocycles. The number of nitro groups is 2. The van der Waals surface area contributed by atoms with E-state index in [1.165, 1.54) is 48.5 Å². The van der Waals surface area contributed by atoms with Crippen LogP contribution in [0.3, 0.4) is 0 Å². The average Bonchev–Trinajstić information content (AvgIpc) is 2.95. The van der Waals surface area contributed by atoms with Crippen LogP contribution in [0.25, 0.3) is 0 Å². The van der Waals surface area contributed by atoms with Gasteiger partial charge >= 0.3 is 18.3 Å².